The maximum Gasteiger partial charge on any atom is 0.269 e. The van der Waals surface area contributed by atoms with Crippen molar-refractivity contribution < 1.29 is 14.3 Å². The Balaban J connectivity index is 1.44. The number of methoxy groups -OCH3 is 2. The number of hydrogen-bond donors (Lipinski definition) is 2. The van der Waals surface area contributed by atoms with Crippen molar-refractivity contribution in [1.82, 2.24) is 25.3 Å². The largest absolute Gasteiger partial charge is 0.497 e. The van der Waals surface area contributed by atoms with E-state index in [1.807, 2.05) is 18.2 Å². The highest BCUT2D eigenvalue weighted by molar-refractivity contribution is 5.93. The minimum Gasteiger partial charge on any atom is -0.497 e. The van der Waals surface area contributed by atoms with Crippen LogP contribution in [0.25, 0.3) is 11.3 Å². The normalized spacial score (nSPS) is 23.9. The van der Waals surface area contributed by atoms with Gasteiger partial charge in [0.1, 0.15) is 17.2 Å². The molecule has 8 nitrogen and oxygen atoms in total. The summed E-state index contributed by atoms with van der Waals surface area (Å²) in [7, 11) is 3.22. The molecular weight excluding hydrogens is 346 g/mol. The van der Waals surface area contributed by atoms with Crippen LogP contribution in [0.3, 0.4) is 0 Å². The van der Waals surface area contributed by atoms with Crippen LogP contribution < -0.4 is 14.8 Å². The third-order valence-electron chi connectivity index (χ3n) is 5.40. The van der Waals surface area contributed by atoms with Crippen LogP contribution in [0.2, 0.25) is 0 Å². The summed E-state index contributed by atoms with van der Waals surface area (Å²) in [6.45, 7) is 6.11. The molecule has 1 aromatic carbocycles. The van der Waals surface area contributed by atoms with Gasteiger partial charge in [-0.1, -0.05) is 0 Å². The van der Waals surface area contributed by atoms with Gasteiger partial charge in [-0.15, -0.1) is 0 Å². The van der Waals surface area contributed by atoms with Crippen LogP contribution in [0.15, 0.2) is 24.3 Å². The van der Waals surface area contributed by atoms with Crippen molar-refractivity contribution in [3.8, 4) is 22.8 Å². The van der Waals surface area contributed by atoms with E-state index in [0.29, 0.717) is 35.5 Å². The number of ether oxygens (including phenoxy) is 2. The Kier molecular flexibility index (Phi) is 5.00. The standard InChI is InChI=1S/C19H25N5O3/c1-26-14-3-4-18(27-2)15(9-14)16-10-17(22-21-16)19(25)20-11-13-12-23-5-7-24(13)8-6-23/h3-4,9-10,13H,5-8,11-12H2,1-2H3,(H,20,25)(H,21,22). The second-order valence-corrected chi connectivity index (χ2v) is 6.93. The van der Waals surface area contributed by atoms with Crippen molar-refractivity contribution in [3.63, 3.8) is 0 Å². The smallest absolute Gasteiger partial charge is 0.269 e. The highest BCUT2D eigenvalue weighted by Gasteiger charge is 2.31. The predicted octanol–water partition coefficient (Wildman–Crippen LogP) is 0.824. The molecule has 144 valence electrons. The number of rotatable bonds is 6. The SMILES string of the molecule is COc1ccc(OC)c(-c2cc(C(=O)NCC3CN4CCN3CC4)[nH]n2)c1. The molecule has 1 unspecified atom stereocenters. The lowest BCUT2D eigenvalue weighted by molar-refractivity contribution is 0.0138. The Bertz CT molecular complexity index is 813. The molecule has 2 N–H and O–H groups in total. The lowest BCUT2D eigenvalue weighted by Gasteiger charge is -2.47. The summed E-state index contributed by atoms with van der Waals surface area (Å²) in [5.41, 5.74) is 1.85. The number of fused-ring (bicyclic) bond motifs is 3. The summed E-state index contributed by atoms with van der Waals surface area (Å²) in [6, 6.07) is 7.62. The Morgan fingerprint density at radius 1 is 1.22 bits per heavy atom. The molecule has 1 amide bonds. The molecule has 27 heavy (non-hydrogen) atoms. The molecule has 8 heteroatoms. The molecule has 3 saturated heterocycles. The van der Waals surface area contributed by atoms with Gasteiger partial charge in [-0.3, -0.25) is 19.7 Å². The summed E-state index contributed by atoms with van der Waals surface area (Å²) < 4.78 is 10.7. The maximum atomic E-state index is 12.5. The van der Waals surface area contributed by atoms with Gasteiger partial charge in [-0.2, -0.15) is 5.10 Å². The monoisotopic (exact) mass is 371 g/mol. The quantitative estimate of drug-likeness (QED) is 0.783. The van der Waals surface area contributed by atoms with Gasteiger partial charge in [0.05, 0.1) is 19.9 Å². The molecule has 3 aliphatic heterocycles. The van der Waals surface area contributed by atoms with Crippen LogP contribution in [0.4, 0.5) is 0 Å². The molecule has 0 aliphatic carbocycles. The number of H-pyrrole nitrogens is 1. The highest BCUT2D eigenvalue weighted by Crippen LogP contribution is 2.32. The summed E-state index contributed by atoms with van der Waals surface area (Å²) in [5, 5.41) is 10.2. The Morgan fingerprint density at radius 2 is 2.04 bits per heavy atom. The fourth-order valence-electron chi connectivity index (χ4n) is 3.81. The van der Waals surface area contributed by atoms with E-state index >= 15 is 0 Å². The average molecular weight is 371 g/mol. The Labute approximate surface area is 158 Å². The zero-order valence-electron chi connectivity index (χ0n) is 15.7. The molecule has 3 aliphatic rings. The van der Waals surface area contributed by atoms with E-state index in [-0.39, 0.29) is 5.91 Å². The molecule has 1 aromatic heterocycles. The van der Waals surface area contributed by atoms with Crippen molar-refractivity contribution in [1.29, 1.82) is 0 Å². The lowest BCUT2D eigenvalue weighted by atomic mass is 10.1. The Morgan fingerprint density at radius 3 is 2.70 bits per heavy atom. The van der Waals surface area contributed by atoms with E-state index in [2.05, 4.69) is 25.3 Å². The molecule has 0 radical (unpaired) electrons. The van der Waals surface area contributed by atoms with Crippen molar-refractivity contribution in [2.75, 3.05) is 53.5 Å². The second kappa shape index (κ2) is 7.58. The van der Waals surface area contributed by atoms with E-state index in [1.54, 1.807) is 20.3 Å². The number of piperazine rings is 3. The predicted molar refractivity (Wildman–Crippen MR) is 101 cm³/mol. The zero-order chi connectivity index (χ0) is 18.8. The first-order chi connectivity index (χ1) is 13.2. The summed E-state index contributed by atoms with van der Waals surface area (Å²) in [5.74, 6) is 1.24. The highest BCUT2D eigenvalue weighted by atomic mass is 16.5. The van der Waals surface area contributed by atoms with Gasteiger partial charge >= 0.3 is 0 Å². The zero-order valence-corrected chi connectivity index (χ0v) is 15.7. The van der Waals surface area contributed by atoms with Crippen LogP contribution >= 0.6 is 0 Å². The van der Waals surface area contributed by atoms with Crippen LogP contribution in [0.5, 0.6) is 11.5 Å². The molecule has 0 spiro atoms. The number of aromatic nitrogens is 2. The van der Waals surface area contributed by atoms with Crippen molar-refractivity contribution >= 4 is 5.91 Å². The van der Waals surface area contributed by atoms with Gasteiger partial charge < -0.3 is 14.8 Å². The minimum absolute atomic E-state index is 0.145. The first-order valence-corrected chi connectivity index (χ1v) is 9.20. The van der Waals surface area contributed by atoms with Crippen molar-refractivity contribution in [2.24, 2.45) is 0 Å². The molecule has 2 aromatic rings. The van der Waals surface area contributed by atoms with Gasteiger partial charge in [0.15, 0.2) is 0 Å². The number of carbonyl (C=O) groups is 1. The second-order valence-electron chi connectivity index (χ2n) is 6.93. The third-order valence-corrected chi connectivity index (χ3v) is 5.40. The van der Waals surface area contributed by atoms with Gasteiger partial charge in [0.25, 0.3) is 5.91 Å². The topological polar surface area (TPSA) is 82.7 Å². The third kappa shape index (κ3) is 3.63. The maximum absolute atomic E-state index is 12.5. The van der Waals surface area contributed by atoms with E-state index in [9.17, 15) is 4.79 Å². The van der Waals surface area contributed by atoms with Gasteiger partial charge in [-0.25, -0.2) is 0 Å². The fourth-order valence-corrected chi connectivity index (χ4v) is 3.81. The first kappa shape index (κ1) is 17.8. The van der Waals surface area contributed by atoms with Crippen molar-refractivity contribution in [2.45, 2.75) is 6.04 Å². The van der Waals surface area contributed by atoms with Crippen molar-refractivity contribution in [3.05, 3.63) is 30.0 Å². The number of nitrogens with one attached hydrogen (secondary N) is 2. The minimum atomic E-state index is -0.145. The van der Waals surface area contributed by atoms with Crippen LogP contribution in [0, 0.1) is 0 Å². The number of aromatic amines is 1. The van der Waals surface area contributed by atoms with Gasteiger partial charge in [0.2, 0.25) is 0 Å². The van der Waals surface area contributed by atoms with Gasteiger partial charge in [-0.05, 0) is 24.3 Å². The van der Waals surface area contributed by atoms with E-state index in [4.69, 9.17) is 9.47 Å². The Hall–Kier alpha value is -2.58. The number of benzene rings is 1. The fraction of sp³-hybridized carbons (Fsp3) is 0.474. The van der Waals surface area contributed by atoms with Crippen LogP contribution in [-0.4, -0.2) is 85.4 Å². The summed E-state index contributed by atoms with van der Waals surface area (Å²) in [4.78, 5) is 17.5. The van der Waals surface area contributed by atoms with E-state index < -0.39 is 0 Å². The molecular formula is C19H25N5O3. The molecule has 3 fully saturated rings. The lowest BCUT2D eigenvalue weighted by Crippen LogP contribution is -2.63. The molecule has 2 bridgehead atoms. The average Bonchev–Trinajstić information content (AvgIpc) is 3.22. The molecule has 5 rings (SSSR count). The number of hydrogen-bond acceptors (Lipinski definition) is 6. The summed E-state index contributed by atoms with van der Waals surface area (Å²) >= 11 is 0. The van der Waals surface area contributed by atoms with E-state index in [1.165, 1.54) is 0 Å². The number of carbonyl (C=O) groups excluding carboxylic acids is 1. The number of amides is 1. The van der Waals surface area contributed by atoms with Gasteiger partial charge in [0, 0.05) is 50.9 Å². The van der Waals surface area contributed by atoms with Crippen LogP contribution in [-0.2, 0) is 0 Å². The van der Waals surface area contributed by atoms with E-state index in [0.717, 1.165) is 38.3 Å². The first-order valence-electron chi connectivity index (χ1n) is 9.20. The number of nitrogens with zero attached hydrogens (tertiary/aromatic N) is 3. The molecule has 1 atom stereocenters. The van der Waals surface area contributed by atoms with Crippen LogP contribution in [0.1, 0.15) is 10.5 Å². The molecule has 0 saturated carbocycles. The summed E-state index contributed by atoms with van der Waals surface area (Å²) in [6.07, 6.45) is 0. The molecule has 4 heterocycles.